The second-order valence-electron chi connectivity index (χ2n) is 4.48. The largest absolute Gasteiger partial charge is 0.397 e. The first-order chi connectivity index (χ1) is 9.15. The van der Waals surface area contributed by atoms with E-state index in [1.54, 1.807) is 6.07 Å². The lowest BCUT2D eigenvalue weighted by atomic mass is 10.2. The van der Waals surface area contributed by atoms with E-state index in [1.165, 1.54) is 6.07 Å². The SMILES string of the molecule is Nc1cccc2ccn(Cc3ccc(F)c(F)c3)c12. The zero-order valence-electron chi connectivity index (χ0n) is 10.1. The second kappa shape index (κ2) is 4.39. The molecule has 0 unspecified atom stereocenters. The van der Waals surface area contributed by atoms with Gasteiger partial charge >= 0.3 is 0 Å². The third kappa shape index (κ3) is 2.05. The molecule has 4 heteroatoms. The molecule has 0 fully saturated rings. The Morgan fingerprint density at radius 1 is 1.00 bits per heavy atom. The minimum atomic E-state index is -0.833. The summed E-state index contributed by atoms with van der Waals surface area (Å²) in [7, 11) is 0. The third-order valence-electron chi connectivity index (χ3n) is 3.16. The van der Waals surface area contributed by atoms with E-state index in [9.17, 15) is 8.78 Å². The van der Waals surface area contributed by atoms with Crippen molar-refractivity contribution in [3.63, 3.8) is 0 Å². The summed E-state index contributed by atoms with van der Waals surface area (Å²) in [6, 6.07) is 11.5. The average molecular weight is 258 g/mol. The molecule has 0 radical (unpaired) electrons. The van der Waals surface area contributed by atoms with Gasteiger partial charge in [-0.25, -0.2) is 8.78 Å². The molecule has 1 heterocycles. The number of aromatic nitrogens is 1. The highest BCUT2D eigenvalue weighted by atomic mass is 19.2. The number of hydrogen-bond acceptors (Lipinski definition) is 1. The summed E-state index contributed by atoms with van der Waals surface area (Å²) in [5.41, 5.74) is 8.23. The van der Waals surface area contributed by atoms with Crippen LogP contribution in [0.4, 0.5) is 14.5 Å². The van der Waals surface area contributed by atoms with Gasteiger partial charge < -0.3 is 10.3 Å². The third-order valence-corrected chi connectivity index (χ3v) is 3.16. The van der Waals surface area contributed by atoms with Crippen molar-refractivity contribution < 1.29 is 8.78 Å². The quantitative estimate of drug-likeness (QED) is 0.700. The number of nitrogens with zero attached hydrogens (tertiary/aromatic N) is 1. The molecule has 2 nitrogen and oxygen atoms in total. The number of nitrogens with two attached hydrogens (primary N) is 1. The molecule has 0 amide bonds. The Balaban J connectivity index is 2.03. The number of halogens is 2. The summed E-state index contributed by atoms with van der Waals surface area (Å²) in [5.74, 6) is -1.66. The van der Waals surface area contributed by atoms with E-state index in [0.717, 1.165) is 17.0 Å². The van der Waals surface area contributed by atoms with Crippen LogP contribution < -0.4 is 5.73 Å². The minimum absolute atomic E-state index is 0.453. The Hall–Kier alpha value is -2.36. The number of nitrogen functional groups attached to an aromatic ring is 1. The molecule has 3 aromatic rings. The van der Waals surface area contributed by atoms with Crippen molar-refractivity contribution >= 4 is 16.6 Å². The summed E-state index contributed by atoms with van der Waals surface area (Å²) in [4.78, 5) is 0. The topological polar surface area (TPSA) is 30.9 Å². The van der Waals surface area contributed by atoms with E-state index in [1.807, 2.05) is 35.0 Å². The van der Waals surface area contributed by atoms with Crippen LogP contribution in [0.15, 0.2) is 48.7 Å². The van der Waals surface area contributed by atoms with Crippen molar-refractivity contribution in [3.8, 4) is 0 Å². The Labute approximate surface area is 109 Å². The van der Waals surface area contributed by atoms with Crippen LogP contribution in [0.3, 0.4) is 0 Å². The first-order valence-corrected chi connectivity index (χ1v) is 5.92. The molecule has 0 aliphatic rings. The molecule has 0 spiro atoms. The Morgan fingerprint density at radius 3 is 2.63 bits per heavy atom. The van der Waals surface area contributed by atoms with Crippen LogP contribution in [0.25, 0.3) is 10.9 Å². The zero-order valence-corrected chi connectivity index (χ0v) is 10.1. The highest BCUT2D eigenvalue weighted by molar-refractivity contribution is 5.90. The summed E-state index contributed by atoms with van der Waals surface area (Å²) in [6.45, 7) is 0.453. The normalized spacial score (nSPS) is 11.1. The maximum atomic E-state index is 13.2. The first kappa shape index (κ1) is 11.7. The van der Waals surface area contributed by atoms with Crippen molar-refractivity contribution in [2.45, 2.75) is 6.54 Å². The fourth-order valence-corrected chi connectivity index (χ4v) is 2.26. The highest BCUT2D eigenvalue weighted by Gasteiger charge is 2.07. The monoisotopic (exact) mass is 258 g/mol. The lowest BCUT2D eigenvalue weighted by molar-refractivity contribution is 0.506. The number of benzene rings is 2. The van der Waals surface area contributed by atoms with Crippen LogP contribution in [0, 0.1) is 11.6 Å². The Morgan fingerprint density at radius 2 is 1.84 bits per heavy atom. The molecule has 1 aromatic heterocycles. The maximum absolute atomic E-state index is 13.2. The molecule has 3 rings (SSSR count). The van der Waals surface area contributed by atoms with Gasteiger partial charge in [0.05, 0.1) is 11.2 Å². The average Bonchev–Trinajstić information content (AvgIpc) is 2.79. The predicted octanol–water partition coefficient (Wildman–Crippen LogP) is 3.55. The maximum Gasteiger partial charge on any atom is 0.159 e. The van der Waals surface area contributed by atoms with Gasteiger partial charge in [-0.1, -0.05) is 18.2 Å². The van der Waals surface area contributed by atoms with E-state index in [-0.39, 0.29) is 0 Å². The van der Waals surface area contributed by atoms with Crippen molar-refractivity contribution in [2.24, 2.45) is 0 Å². The number of rotatable bonds is 2. The van der Waals surface area contributed by atoms with Crippen molar-refractivity contribution in [1.29, 1.82) is 0 Å². The van der Waals surface area contributed by atoms with Crippen LogP contribution in [0.1, 0.15) is 5.56 Å². The molecule has 0 aliphatic carbocycles. The Kier molecular flexibility index (Phi) is 2.71. The molecule has 0 saturated carbocycles. The smallest absolute Gasteiger partial charge is 0.159 e. The summed E-state index contributed by atoms with van der Waals surface area (Å²) < 4.78 is 28.0. The fraction of sp³-hybridized carbons (Fsp3) is 0.0667. The molecular formula is C15H12F2N2. The highest BCUT2D eigenvalue weighted by Crippen LogP contribution is 2.23. The molecule has 2 N–H and O–H groups in total. The van der Waals surface area contributed by atoms with Gasteiger partial charge in [0.2, 0.25) is 0 Å². The Bertz CT molecular complexity index is 747. The number of hydrogen-bond donors (Lipinski definition) is 1. The van der Waals surface area contributed by atoms with Crippen LogP contribution in [0.2, 0.25) is 0 Å². The van der Waals surface area contributed by atoms with Gasteiger partial charge in [-0.15, -0.1) is 0 Å². The van der Waals surface area contributed by atoms with Crippen molar-refractivity contribution in [3.05, 3.63) is 65.9 Å². The van der Waals surface area contributed by atoms with E-state index >= 15 is 0 Å². The zero-order chi connectivity index (χ0) is 13.4. The summed E-state index contributed by atoms with van der Waals surface area (Å²) >= 11 is 0. The van der Waals surface area contributed by atoms with Gasteiger partial charge in [-0.2, -0.15) is 0 Å². The predicted molar refractivity (Wildman–Crippen MR) is 71.8 cm³/mol. The van der Waals surface area contributed by atoms with Crippen LogP contribution in [-0.4, -0.2) is 4.57 Å². The molecule has 19 heavy (non-hydrogen) atoms. The van der Waals surface area contributed by atoms with E-state index in [4.69, 9.17) is 5.73 Å². The standard InChI is InChI=1S/C15H12F2N2/c16-12-5-4-10(8-13(12)17)9-19-7-6-11-2-1-3-14(18)15(11)19/h1-8H,9,18H2. The van der Waals surface area contributed by atoms with Crippen molar-refractivity contribution in [2.75, 3.05) is 5.73 Å². The summed E-state index contributed by atoms with van der Waals surface area (Å²) in [6.07, 6.45) is 1.89. The molecule has 0 aliphatic heterocycles. The van der Waals surface area contributed by atoms with Crippen LogP contribution in [0.5, 0.6) is 0 Å². The van der Waals surface area contributed by atoms with Gasteiger partial charge in [0.1, 0.15) is 0 Å². The van der Waals surface area contributed by atoms with Gasteiger partial charge in [0.25, 0.3) is 0 Å². The van der Waals surface area contributed by atoms with E-state index in [2.05, 4.69) is 0 Å². The number of anilines is 1. The van der Waals surface area contributed by atoms with Crippen LogP contribution in [-0.2, 0) is 6.54 Å². The molecular weight excluding hydrogens is 246 g/mol. The summed E-state index contributed by atoms with van der Waals surface area (Å²) in [5, 5.41) is 1.03. The number of para-hydroxylation sites is 1. The van der Waals surface area contributed by atoms with Gasteiger partial charge in [-0.3, -0.25) is 0 Å². The lowest BCUT2D eigenvalue weighted by Crippen LogP contribution is -2.01. The molecule has 0 atom stereocenters. The first-order valence-electron chi connectivity index (χ1n) is 5.92. The molecule has 0 bridgehead atoms. The van der Waals surface area contributed by atoms with E-state index in [0.29, 0.717) is 17.8 Å². The van der Waals surface area contributed by atoms with Crippen LogP contribution >= 0.6 is 0 Å². The minimum Gasteiger partial charge on any atom is -0.397 e. The lowest BCUT2D eigenvalue weighted by Gasteiger charge is -2.08. The molecule has 0 saturated heterocycles. The molecule has 96 valence electrons. The van der Waals surface area contributed by atoms with Gasteiger partial charge in [0.15, 0.2) is 11.6 Å². The van der Waals surface area contributed by atoms with E-state index < -0.39 is 11.6 Å². The van der Waals surface area contributed by atoms with Gasteiger partial charge in [-0.05, 0) is 29.8 Å². The van der Waals surface area contributed by atoms with Crippen molar-refractivity contribution in [1.82, 2.24) is 4.57 Å². The number of fused-ring (bicyclic) bond motifs is 1. The molecule has 2 aromatic carbocycles. The van der Waals surface area contributed by atoms with Gasteiger partial charge in [0, 0.05) is 18.1 Å². The second-order valence-corrected chi connectivity index (χ2v) is 4.48. The fourth-order valence-electron chi connectivity index (χ4n) is 2.26.